The molecule has 3 heteroatoms. The molecule has 0 amide bonds. The molecule has 0 fully saturated rings. The van der Waals surface area contributed by atoms with Gasteiger partial charge in [-0.3, -0.25) is 10.1 Å². The highest BCUT2D eigenvalue weighted by atomic mass is 15.1. The summed E-state index contributed by atoms with van der Waals surface area (Å²) in [5.41, 5.74) is 4.30. The van der Waals surface area contributed by atoms with Crippen LogP contribution < -0.4 is 0 Å². The molecule has 0 radical (unpaired) electrons. The predicted molar refractivity (Wildman–Crippen MR) is 52.7 cm³/mol. The van der Waals surface area contributed by atoms with Gasteiger partial charge < -0.3 is 0 Å². The van der Waals surface area contributed by atoms with E-state index in [0.29, 0.717) is 5.92 Å². The molecule has 2 aromatic heterocycles. The van der Waals surface area contributed by atoms with Crippen LogP contribution in [-0.4, -0.2) is 15.2 Å². The van der Waals surface area contributed by atoms with E-state index in [0.717, 1.165) is 16.7 Å². The molecule has 2 aromatic rings. The average Bonchev–Trinajstić information content (AvgIpc) is 2.48. The number of rotatable bonds is 1. The fourth-order valence-corrected chi connectivity index (χ4v) is 1.46. The summed E-state index contributed by atoms with van der Waals surface area (Å²) in [6, 6.07) is 1.98. The zero-order valence-corrected chi connectivity index (χ0v) is 8.13. The van der Waals surface area contributed by atoms with Crippen LogP contribution in [0.4, 0.5) is 0 Å². The van der Waals surface area contributed by atoms with E-state index in [1.807, 2.05) is 12.3 Å². The average molecular weight is 175 g/mol. The first-order valence-electron chi connectivity index (χ1n) is 4.49. The molecule has 13 heavy (non-hydrogen) atoms. The molecule has 3 nitrogen and oxygen atoms in total. The first kappa shape index (κ1) is 8.23. The van der Waals surface area contributed by atoms with E-state index in [1.54, 1.807) is 0 Å². The van der Waals surface area contributed by atoms with Gasteiger partial charge in [0.1, 0.15) is 11.0 Å². The first-order chi connectivity index (χ1) is 6.20. The van der Waals surface area contributed by atoms with E-state index in [-0.39, 0.29) is 0 Å². The number of pyridine rings is 1. The van der Waals surface area contributed by atoms with Gasteiger partial charge in [0.05, 0.1) is 5.69 Å². The number of hydrogen-bond donors (Lipinski definition) is 1. The number of nitrogens with zero attached hydrogens (tertiary/aromatic N) is 2. The summed E-state index contributed by atoms with van der Waals surface area (Å²) < 4.78 is 0. The topological polar surface area (TPSA) is 41.6 Å². The molecule has 0 saturated carbocycles. The van der Waals surface area contributed by atoms with Crippen LogP contribution in [0.5, 0.6) is 0 Å². The Morgan fingerprint density at radius 2 is 2.08 bits per heavy atom. The molecular formula is C10H13N3. The standard InChI is InChI=1S/C10H13N3/c1-6(2)8-10-9(13-12-8)7(3)4-5-11-10/h4-6H,1-3H3,(H,12,13). The molecule has 0 unspecified atom stereocenters. The smallest absolute Gasteiger partial charge is 0.114 e. The van der Waals surface area contributed by atoms with E-state index >= 15 is 0 Å². The summed E-state index contributed by atoms with van der Waals surface area (Å²) in [6.45, 7) is 6.32. The van der Waals surface area contributed by atoms with E-state index < -0.39 is 0 Å². The monoisotopic (exact) mass is 175 g/mol. The Morgan fingerprint density at radius 3 is 2.77 bits per heavy atom. The van der Waals surface area contributed by atoms with Crippen LogP contribution in [0.1, 0.15) is 31.0 Å². The van der Waals surface area contributed by atoms with Crippen LogP contribution in [0.2, 0.25) is 0 Å². The van der Waals surface area contributed by atoms with Gasteiger partial charge in [-0.2, -0.15) is 5.10 Å². The van der Waals surface area contributed by atoms with Crippen LogP contribution in [0.3, 0.4) is 0 Å². The molecule has 0 atom stereocenters. The summed E-state index contributed by atoms with van der Waals surface area (Å²) in [6.07, 6.45) is 1.83. The van der Waals surface area contributed by atoms with Crippen molar-refractivity contribution in [2.75, 3.05) is 0 Å². The third kappa shape index (κ3) is 1.20. The third-order valence-corrected chi connectivity index (χ3v) is 2.25. The van der Waals surface area contributed by atoms with E-state index in [4.69, 9.17) is 0 Å². The van der Waals surface area contributed by atoms with Crippen LogP contribution in [-0.2, 0) is 0 Å². The molecule has 0 aromatic carbocycles. The van der Waals surface area contributed by atoms with Crippen molar-refractivity contribution < 1.29 is 0 Å². The zero-order valence-electron chi connectivity index (χ0n) is 8.13. The van der Waals surface area contributed by atoms with Crippen molar-refractivity contribution in [3.63, 3.8) is 0 Å². The highest BCUT2D eigenvalue weighted by Crippen LogP contribution is 2.22. The largest absolute Gasteiger partial charge is 0.279 e. The highest BCUT2D eigenvalue weighted by Gasteiger charge is 2.10. The van der Waals surface area contributed by atoms with Crippen LogP contribution in [0.15, 0.2) is 12.3 Å². The predicted octanol–water partition coefficient (Wildman–Crippen LogP) is 2.39. The Hall–Kier alpha value is -1.38. The summed E-state index contributed by atoms with van der Waals surface area (Å²) >= 11 is 0. The second-order valence-corrected chi connectivity index (χ2v) is 3.62. The quantitative estimate of drug-likeness (QED) is 0.723. The molecule has 0 aliphatic carbocycles. The van der Waals surface area contributed by atoms with E-state index in [1.165, 1.54) is 5.56 Å². The Kier molecular flexibility index (Phi) is 1.79. The Labute approximate surface area is 77.2 Å². The van der Waals surface area contributed by atoms with Crippen molar-refractivity contribution in [3.05, 3.63) is 23.5 Å². The summed E-state index contributed by atoms with van der Waals surface area (Å²) in [7, 11) is 0. The van der Waals surface area contributed by atoms with Crippen LogP contribution in [0.25, 0.3) is 11.0 Å². The Bertz CT molecular complexity index is 429. The van der Waals surface area contributed by atoms with Crippen molar-refractivity contribution in [2.24, 2.45) is 0 Å². The maximum absolute atomic E-state index is 4.33. The number of H-pyrrole nitrogens is 1. The number of hydrogen-bond acceptors (Lipinski definition) is 2. The lowest BCUT2D eigenvalue weighted by molar-refractivity contribution is 0.815. The molecule has 0 aliphatic heterocycles. The number of nitrogens with one attached hydrogen (secondary N) is 1. The van der Waals surface area contributed by atoms with Gasteiger partial charge in [-0.25, -0.2) is 0 Å². The molecule has 1 N–H and O–H groups in total. The van der Waals surface area contributed by atoms with Crippen molar-refractivity contribution in [1.82, 2.24) is 15.2 Å². The minimum absolute atomic E-state index is 0.444. The molecular weight excluding hydrogens is 162 g/mol. The van der Waals surface area contributed by atoms with Gasteiger partial charge in [0.15, 0.2) is 0 Å². The first-order valence-corrected chi connectivity index (χ1v) is 4.49. The van der Waals surface area contributed by atoms with Crippen molar-refractivity contribution in [2.45, 2.75) is 26.7 Å². The molecule has 68 valence electrons. The number of fused-ring (bicyclic) bond motifs is 1. The lowest BCUT2D eigenvalue weighted by atomic mass is 10.1. The fourth-order valence-electron chi connectivity index (χ4n) is 1.46. The van der Waals surface area contributed by atoms with Gasteiger partial charge in [0.2, 0.25) is 0 Å². The third-order valence-electron chi connectivity index (χ3n) is 2.25. The number of aromatic nitrogens is 3. The fraction of sp³-hybridized carbons (Fsp3) is 0.400. The molecule has 2 heterocycles. The van der Waals surface area contributed by atoms with Gasteiger partial charge in [-0.15, -0.1) is 0 Å². The van der Waals surface area contributed by atoms with Crippen LogP contribution in [0, 0.1) is 6.92 Å². The molecule has 0 bridgehead atoms. The molecule has 2 rings (SSSR count). The minimum atomic E-state index is 0.444. The number of aryl methyl sites for hydroxylation is 1. The van der Waals surface area contributed by atoms with Gasteiger partial charge >= 0.3 is 0 Å². The molecule has 0 saturated heterocycles. The van der Waals surface area contributed by atoms with Crippen molar-refractivity contribution in [3.8, 4) is 0 Å². The highest BCUT2D eigenvalue weighted by molar-refractivity contribution is 5.80. The van der Waals surface area contributed by atoms with Crippen molar-refractivity contribution >= 4 is 11.0 Å². The lowest BCUT2D eigenvalue weighted by Crippen LogP contribution is -1.89. The summed E-state index contributed by atoms with van der Waals surface area (Å²) in [4.78, 5) is 4.33. The van der Waals surface area contributed by atoms with E-state index in [2.05, 4.69) is 36.0 Å². The second-order valence-electron chi connectivity index (χ2n) is 3.62. The maximum Gasteiger partial charge on any atom is 0.114 e. The summed E-state index contributed by atoms with van der Waals surface area (Å²) in [5.74, 6) is 0.444. The van der Waals surface area contributed by atoms with Gasteiger partial charge in [-0.05, 0) is 24.5 Å². The van der Waals surface area contributed by atoms with Crippen molar-refractivity contribution in [1.29, 1.82) is 0 Å². The lowest BCUT2D eigenvalue weighted by Gasteiger charge is -1.99. The Morgan fingerprint density at radius 1 is 1.31 bits per heavy atom. The molecule has 0 spiro atoms. The second kappa shape index (κ2) is 2.83. The van der Waals surface area contributed by atoms with Gasteiger partial charge in [0.25, 0.3) is 0 Å². The van der Waals surface area contributed by atoms with Gasteiger partial charge in [-0.1, -0.05) is 13.8 Å². The minimum Gasteiger partial charge on any atom is -0.279 e. The summed E-state index contributed by atoms with van der Waals surface area (Å²) in [5, 5.41) is 7.29. The molecule has 0 aliphatic rings. The zero-order chi connectivity index (χ0) is 9.42. The normalized spacial score (nSPS) is 11.4. The maximum atomic E-state index is 4.33. The van der Waals surface area contributed by atoms with Gasteiger partial charge in [0, 0.05) is 6.20 Å². The van der Waals surface area contributed by atoms with Crippen LogP contribution >= 0.6 is 0 Å². The number of aromatic amines is 1. The Balaban J connectivity index is 2.75. The SMILES string of the molecule is Cc1ccnc2c(C(C)C)[nH]nc12. The van der Waals surface area contributed by atoms with E-state index in [9.17, 15) is 0 Å².